The highest BCUT2D eigenvalue weighted by atomic mass is 79.9. The van der Waals surface area contributed by atoms with E-state index in [-0.39, 0.29) is 5.69 Å². The first kappa shape index (κ1) is 9.42. The molecule has 0 unspecified atom stereocenters. The van der Waals surface area contributed by atoms with Crippen LogP contribution in [0.5, 0.6) is 0 Å². The second-order valence-electron chi connectivity index (χ2n) is 2.60. The van der Waals surface area contributed by atoms with Gasteiger partial charge in [-0.3, -0.25) is 5.10 Å². The van der Waals surface area contributed by atoms with Gasteiger partial charge in [-0.1, -0.05) is 0 Å². The first-order valence-electron chi connectivity index (χ1n) is 3.70. The van der Waals surface area contributed by atoms with Crippen LogP contribution in [0.3, 0.4) is 0 Å². The highest BCUT2D eigenvalue weighted by Crippen LogP contribution is 2.28. The van der Waals surface area contributed by atoms with Crippen LogP contribution in [0.15, 0.2) is 22.0 Å². The molecule has 0 atom stereocenters. The van der Waals surface area contributed by atoms with Gasteiger partial charge in [-0.2, -0.15) is 5.10 Å². The molecule has 0 aromatic carbocycles. The molecule has 0 radical (unpaired) electrons. The SMILES string of the molecule is O=C(O)c1cc(-c2cc(Br)cs2)[nH]n1. The minimum atomic E-state index is -1.02. The Labute approximate surface area is 91.7 Å². The molecule has 0 saturated heterocycles. The summed E-state index contributed by atoms with van der Waals surface area (Å²) in [6.45, 7) is 0. The number of nitrogens with zero attached hydrogens (tertiary/aromatic N) is 1. The maximum absolute atomic E-state index is 10.6. The van der Waals surface area contributed by atoms with Crippen molar-refractivity contribution in [2.75, 3.05) is 0 Å². The molecule has 0 fully saturated rings. The zero-order chi connectivity index (χ0) is 10.1. The maximum Gasteiger partial charge on any atom is 0.356 e. The summed E-state index contributed by atoms with van der Waals surface area (Å²) in [6.07, 6.45) is 0. The van der Waals surface area contributed by atoms with Crippen molar-refractivity contribution in [2.24, 2.45) is 0 Å². The van der Waals surface area contributed by atoms with E-state index in [1.54, 1.807) is 0 Å². The Bertz CT molecular complexity index is 477. The number of rotatable bonds is 2. The summed E-state index contributed by atoms with van der Waals surface area (Å²) in [5.74, 6) is -1.02. The lowest BCUT2D eigenvalue weighted by Crippen LogP contribution is -1.95. The van der Waals surface area contributed by atoms with Crippen LogP contribution in [-0.4, -0.2) is 21.3 Å². The van der Waals surface area contributed by atoms with Crippen molar-refractivity contribution < 1.29 is 9.90 Å². The number of nitrogens with one attached hydrogen (secondary N) is 1. The summed E-state index contributed by atoms with van der Waals surface area (Å²) in [5, 5.41) is 16.9. The van der Waals surface area contributed by atoms with E-state index < -0.39 is 5.97 Å². The summed E-state index contributed by atoms with van der Waals surface area (Å²) in [4.78, 5) is 11.5. The number of aromatic amines is 1. The minimum Gasteiger partial charge on any atom is -0.476 e. The van der Waals surface area contributed by atoms with Crippen LogP contribution in [0, 0.1) is 0 Å². The Morgan fingerprint density at radius 3 is 2.86 bits per heavy atom. The number of carboxylic acids is 1. The van der Waals surface area contributed by atoms with E-state index >= 15 is 0 Å². The number of hydrogen-bond donors (Lipinski definition) is 2. The molecule has 2 aromatic rings. The van der Waals surface area contributed by atoms with Crippen LogP contribution in [0.2, 0.25) is 0 Å². The molecule has 6 heteroatoms. The second-order valence-corrected chi connectivity index (χ2v) is 4.43. The molecular formula is C8H5BrN2O2S. The van der Waals surface area contributed by atoms with Crippen molar-refractivity contribution in [3.05, 3.63) is 27.7 Å². The van der Waals surface area contributed by atoms with Gasteiger partial charge in [-0.05, 0) is 28.1 Å². The van der Waals surface area contributed by atoms with Crippen LogP contribution in [0.1, 0.15) is 10.5 Å². The van der Waals surface area contributed by atoms with Gasteiger partial charge in [0.05, 0.1) is 10.6 Å². The predicted octanol–water partition coefficient (Wildman–Crippen LogP) is 2.60. The number of halogens is 1. The van der Waals surface area contributed by atoms with Gasteiger partial charge in [0.15, 0.2) is 5.69 Å². The molecule has 2 N–H and O–H groups in total. The molecule has 0 bridgehead atoms. The Morgan fingerprint density at radius 2 is 2.36 bits per heavy atom. The largest absolute Gasteiger partial charge is 0.476 e. The third-order valence-electron chi connectivity index (χ3n) is 1.63. The van der Waals surface area contributed by atoms with Crippen LogP contribution in [0.25, 0.3) is 10.6 Å². The predicted molar refractivity (Wildman–Crippen MR) is 56.6 cm³/mol. The molecule has 2 heterocycles. The number of H-pyrrole nitrogens is 1. The Kier molecular flexibility index (Phi) is 2.39. The molecule has 0 saturated carbocycles. The molecule has 72 valence electrons. The fourth-order valence-corrected chi connectivity index (χ4v) is 2.41. The average Bonchev–Trinajstić information content (AvgIpc) is 2.70. The fraction of sp³-hybridized carbons (Fsp3) is 0. The highest BCUT2D eigenvalue weighted by Gasteiger charge is 2.10. The summed E-state index contributed by atoms with van der Waals surface area (Å²) < 4.78 is 0.976. The van der Waals surface area contributed by atoms with Crippen LogP contribution < -0.4 is 0 Å². The van der Waals surface area contributed by atoms with E-state index in [9.17, 15) is 4.79 Å². The molecule has 2 aromatic heterocycles. The van der Waals surface area contributed by atoms with Crippen LogP contribution in [0.4, 0.5) is 0 Å². The topological polar surface area (TPSA) is 66.0 Å². The first-order valence-corrected chi connectivity index (χ1v) is 5.37. The number of carboxylic acid groups (broad SMARTS) is 1. The zero-order valence-electron chi connectivity index (χ0n) is 6.82. The highest BCUT2D eigenvalue weighted by molar-refractivity contribution is 9.10. The van der Waals surface area contributed by atoms with Gasteiger partial charge in [-0.15, -0.1) is 11.3 Å². The van der Waals surface area contributed by atoms with E-state index in [0.717, 1.165) is 15.0 Å². The van der Waals surface area contributed by atoms with E-state index in [4.69, 9.17) is 5.11 Å². The summed E-state index contributed by atoms with van der Waals surface area (Å²) >= 11 is 4.84. The molecular weight excluding hydrogens is 268 g/mol. The van der Waals surface area contributed by atoms with Crippen molar-refractivity contribution >= 4 is 33.2 Å². The fourth-order valence-electron chi connectivity index (χ4n) is 1.01. The quantitative estimate of drug-likeness (QED) is 0.883. The van der Waals surface area contributed by atoms with Gasteiger partial charge in [0.1, 0.15) is 0 Å². The van der Waals surface area contributed by atoms with Crippen molar-refractivity contribution in [3.63, 3.8) is 0 Å². The molecule has 4 nitrogen and oxygen atoms in total. The summed E-state index contributed by atoms with van der Waals surface area (Å²) in [7, 11) is 0. The smallest absolute Gasteiger partial charge is 0.356 e. The van der Waals surface area contributed by atoms with E-state index in [1.807, 2.05) is 11.4 Å². The molecule has 0 aliphatic rings. The van der Waals surface area contributed by atoms with Gasteiger partial charge in [0, 0.05) is 9.85 Å². The molecule has 14 heavy (non-hydrogen) atoms. The lowest BCUT2D eigenvalue weighted by atomic mass is 10.3. The van der Waals surface area contributed by atoms with Crippen LogP contribution >= 0.6 is 27.3 Å². The van der Waals surface area contributed by atoms with Crippen molar-refractivity contribution in [3.8, 4) is 10.6 Å². The van der Waals surface area contributed by atoms with Gasteiger partial charge in [0.2, 0.25) is 0 Å². The van der Waals surface area contributed by atoms with Crippen molar-refractivity contribution in [1.82, 2.24) is 10.2 Å². The summed E-state index contributed by atoms with van der Waals surface area (Å²) in [6, 6.07) is 3.42. The van der Waals surface area contributed by atoms with Crippen molar-refractivity contribution in [2.45, 2.75) is 0 Å². The number of hydrogen-bond acceptors (Lipinski definition) is 3. The first-order chi connectivity index (χ1) is 6.66. The van der Waals surface area contributed by atoms with Gasteiger partial charge in [0.25, 0.3) is 0 Å². The number of aromatic carboxylic acids is 1. The van der Waals surface area contributed by atoms with Gasteiger partial charge >= 0.3 is 5.97 Å². The normalized spacial score (nSPS) is 10.4. The Hall–Kier alpha value is -1.14. The molecule has 2 rings (SSSR count). The zero-order valence-corrected chi connectivity index (χ0v) is 9.22. The Morgan fingerprint density at radius 1 is 1.57 bits per heavy atom. The maximum atomic E-state index is 10.6. The minimum absolute atomic E-state index is 0.0320. The number of carbonyl (C=O) groups is 1. The molecule has 0 spiro atoms. The molecule has 0 aliphatic carbocycles. The second kappa shape index (κ2) is 3.55. The van der Waals surface area contributed by atoms with E-state index in [0.29, 0.717) is 0 Å². The van der Waals surface area contributed by atoms with E-state index in [1.165, 1.54) is 17.4 Å². The number of thiophene rings is 1. The average molecular weight is 273 g/mol. The third-order valence-corrected chi connectivity index (χ3v) is 3.35. The van der Waals surface area contributed by atoms with Gasteiger partial charge in [-0.25, -0.2) is 4.79 Å². The van der Waals surface area contributed by atoms with Crippen molar-refractivity contribution in [1.29, 1.82) is 0 Å². The lowest BCUT2D eigenvalue weighted by Gasteiger charge is -1.86. The molecule has 0 amide bonds. The van der Waals surface area contributed by atoms with Gasteiger partial charge < -0.3 is 5.11 Å². The lowest BCUT2D eigenvalue weighted by molar-refractivity contribution is 0.0690. The monoisotopic (exact) mass is 272 g/mol. The summed E-state index contributed by atoms with van der Waals surface area (Å²) in [5.41, 5.74) is 0.752. The standard InChI is InChI=1S/C8H5BrN2O2S/c9-4-1-7(14-3-4)5-2-6(8(12)13)11-10-5/h1-3H,(H,10,11)(H,12,13). The van der Waals surface area contributed by atoms with E-state index in [2.05, 4.69) is 26.1 Å². The number of aromatic nitrogens is 2. The van der Waals surface area contributed by atoms with Crippen LogP contribution in [-0.2, 0) is 0 Å². The Balaban J connectivity index is 2.38. The molecule has 0 aliphatic heterocycles. The third kappa shape index (κ3) is 1.71.